The summed E-state index contributed by atoms with van der Waals surface area (Å²) in [6, 6.07) is 15.6. The van der Waals surface area contributed by atoms with Gasteiger partial charge < -0.3 is 10.1 Å². The number of carbonyl (C=O) groups excluding carboxylic acids is 1. The van der Waals surface area contributed by atoms with Gasteiger partial charge in [-0.1, -0.05) is 30.3 Å². The lowest BCUT2D eigenvalue weighted by Crippen LogP contribution is -2.36. The van der Waals surface area contributed by atoms with Crippen molar-refractivity contribution in [3.8, 4) is 5.75 Å². The number of halogens is 1. The molecule has 4 heteroatoms. The Morgan fingerprint density at radius 3 is 2.50 bits per heavy atom. The van der Waals surface area contributed by atoms with E-state index >= 15 is 0 Å². The first kappa shape index (κ1) is 16.0. The van der Waals surface area contributed by atoms with Gasteiger partial charge in [0.25, 0.3) is 0 Å². The first-order valence-electron chi connectivity index (χ1n) is 7.35. The molecule has 2 aromatic rings. The van der Waals surface area contributed by atoms with E-state index in [1.54, 1.807) is 12.1 Å². The molecular weight excluding hydrogens is 281 g/mol. The normalized spacial score (nSPS) is 11.7. The second-order valence-electron chi connectivity index (χ2n) is 5.22. The Labute approximate surface area is 130 Å². The summed E-state index contributed by atoms with van der Waals surface area (Å²) in [6.45, 7) is 2.32. The molecule has 0 aliphatic heterocycles. The molecule has 22 heavy (non-hydrogen) atoms. The zero-order chi connectivity index (χ0) is 15.8. The van der Waals surface area contributed by atoms with Gasteiger partial charge in [-0.05, 0) is 43.2 Å². The SMILES string of the molecule is C[C@H](COc1ccccc1)NC(=O)CCc1ccc(F)cc1. The lowest BCUT2D eigenvalue weighted by molar-refractivity contribution is -0.121. The van der Waals surface area contributed by atoms with Crippen molar-refractivity contribution in [2.45, 2.75) is 25.8 Å². The monoisotopic (exact) mass is 301 g/mol. The Morgan fingerprint density at radius 1 is 1.14 bits per heavy atom. The summed E-state index contributed by atoms with van der Waals surface area (Å²) in [5.41, 5.74) is 0.949. The van der Waals surface area contributed by atoms with Crippen LogP contribution in [0.1, 0.15) is 18.9 Å². The number of aryl methyl sites for hydroxylation is 1. The van der Waals surface area contributed by atoms with E-state index in [-0.39, 0.29) is 17.8 Å². The molecule has 3 nitrogen and oxygen atoms in total. The molecule has 0 aromatic heterocycles. The van der Waals surface area contributed by atoms with E-state index < -0.39 is 0 Å². The number of nitrogens with one attached hydrogen (secondary N) is 1. The van der Waals surface area contributed by atoms with Gasteiger partial charge in [0.05, 0.1) is 6.04 Å². The van der Waals surface area contributed by atoms with Crippen LogP contribution in [0.4, 0.5) is 4.39 Å². The smallest absolute Gasteiger partial charge is 0.220 e. The van der Waals surface area contributed by atoms with Crippen molar-refractivity contribution in [1.82, 2.24) is 5.32 Å². The molecule has 0 radical (unpaired) electrons. The van der Waals surface area contributed by atoms with Crippen LogP contribution in [0.2, 0.25) is 0 Å². The molecule has 0 saturated carbocycles. The van der Waals surface area contributed by atoms with Crippen molar-refractivity contribution in [2.75, 3.05) is 6.61 Å². The van der Waals surface area contributed by atoms with Gasteiger partial charge in [0, 0.05) is 6.42 Å². The van der Waals surface area contributed by atoms with Gasteiger partial charge >= 0.3 is 0 Å². The predicted octanol–water partition coefficient (Wildman–Crippen LogP) is 3.34. The van der Waals surface area contributed by atoms with Gasteiger partial charge in [0.15, 0.2) is 0 Å². The molecule has 0 bridgehead atoms. The zero-order valence-electron chi connectivity index (χ0n) is 12.6. The molecule has 0 saturated heterocycles. The highest BCUT2D eigenvalue weighted by atomic mass is 19.1. The first-order valence-corrected chi connectivity index (χ1v) is 7.35. The number of carbonyl (C=O) groups is 1. The molecule has 0 unspecified atom stereocenters. The van der Waals surface area contributed by atoms with Gasteiger partial charge in [-0.2, -0.15) is 0 Å². The van der Waals surface area contributed by atoms with Crippen LogP contribution < -0.4 is 10.1 Å². The number of amides is 1. The van der Waals surface area contributed by atoms with E-state index in [9.17, 15) is 9.18 Å². The minimum absolute atomic E-state index is 0.0338. The average Bonchev–Trinajstić information content (AvgIpc) is 2.53. The molecule has 1 N–H and O–H groups in total. The van der Waals surface area contributed by atoms with Gasteiger partial charge in [-0.25, -0.2) is 4.39 Å². The number of para-hydroxylation sites is 1. The Hall–Kier alpha value is -2.36. The third-order valence-electron chi connectivity index (χ3n) is 3.20. The molecule has 0 aliphatic carbocycles. The first-order chi connectivity index (χ1) is 10.6. The standard InChI is InChI=1S/C18H20FNO2/c1-14(13-22-17-5-3-2-4-6-17)20-18(21)12-9-15-7-10-16(19)11-8-15/h2-8,10-11,14H,9,12-13H2,1H3,(H,20,21)/t14-/m1/s1. The Balaban J connectivity index is 1.68. The summed E-state index contributed by atoms with van der Waals surface area (Å²) in [4.78, 5) is 11.9. The van der Waals surface area contributed by atoms with Crippen LogP contribution >= 0.6 is 0 Å². The van der Waals surface area contributed by atoms with Crippen LogP contribution in [0.15, 0.2) is 54.6 Å². The van der Waals surface area contributed by atoms with Crippen molar-refractivity contribution in [2.24, 2.45) is 0 Å². The highest BCUT2D eigenvalue weighted by Gasteiger charge is 2.08. The molecule has 2 rings (SSSR count). The molecule has 0 fully saturated rings. The Morgan fingerprint density at radius 2 is 1.82 bits per heavy atom. The van der Waals surface area contributed by atoms with Gasteiger partial charge in [0.2, 0.25) is 5.91 Å². The lowest BCUT2D eigenvalue weighted by Gasteiger charge is -2.15. The molecule has 0 spiro atoms. The van der Waals surface area contributed by atoms with Crippen LogP contribution in [0.5, 0.6) is 5.75 Å². The summed E-state index contributed by atoms with van der Waals surface area (Å²) >= 11 is 0. The van der Waals surface area contributed by atoms with E-state index in [4.69, 9.17) is 4.74 Å². The van der Waals surface area contributed by atoms with Gasteiger partial charge in [0.1, 0.15) is 18.2 Å². The van der Waals surface area contributed by atoms with Crippen LogP contribution in [-0.4, -0.2) is 18.6 Å². The van der Waals surface area contributed by atoms with Crippen molar-refractivity contribution in [3.05, 3.63) is 66.0 Å². The number of ether oxygens (including phenoxy) is 1. The number of hydrogen-bond donors (Lipinski definition) is 1. The fourth-order valence-electron chi connectivity index (χ4n) is 2.04. The summed E-state index contributed by atoms with van der Waals surface area (Å²) in [5, 5.41) is 2.89. The molecule has 1 atom stereocenters. The van der Waals surface area contributed by atoms with Crippen molar-refractivity contribution in [3.63, 3.8) is 0 Å². The fraction of sp³-hybridized carbons (Fsp3) is 0.278. The van der Waals surface area contributed by atoms with Crippen LogP contribution in [0.25, 0.3) is 0 Å². The third-order valence-corrected chi connectivity index (χ3v) is 3.20. The lowest BCUT2D eigenvalue weighted by atomic mass is 10.1. The summed E-state index contributed by atoms with van der Waals surface area (Å²) in [7, 11) is 0. The van der Waals surface area contributed by atoms with Crippen molar-refractivity contribution >= 4 is 5.91 Å². The Bertz CT molecular complexity index is 584. The van der Waals surface area contributed by atoms with E-state index in [2.05, 4.69) is 5.32 Å². The van der Waals surface area contributed by atoms with Crippen molar-refractivity contribution < 1.29 is 13.9 Å². The van der Waals surface area contributed by atoms with E-state index in [0.717, 1.165) is 11.3 Å². The highest BCUT2D eigenvalue weighted by Crippen LogP contribution is 2.09. The molecular formula is C18H20FNO2. The maximum absolute atomic E-state index is 12.8. The fourth-order valence-corrected chi connectivity index (χ4v) is 2.04. The van der Waals surface area contributed by atoms with Crippen LogP contribution in [0, 0.1) is 5.82 Å². The third kappa shape index (κ3) is 5.56. The summed E-state index contributed by atoms with van der Waals surface area (Å²) in [5.74, 6) is 0.489. The van der Waals surface area contributed by atoms with Gasteiger partial charge in [-0.3, -0.25) is 4.79 Å². The van der Waals surface area contributed by atoms with E-state index in [1.807, 2.05) is 37.3 Å². The second kappa shape index (κ2) is 8.17. The molecule has 0 aliphatic rings. The molecule has 2 aromatic carbocycles. The minimum atomic E-state index is -0.264. The maximum Gasteiger partial charge on any atom is 0.220 e. The van der Waals surface area contributed by atoms with E-state index in [0.29, 0.717) is 19.4 Å². The topological polar surface area (TPSA) is 38.3 Å². The Kier molecular flexibility index (Phi) is 5.95. The minimum Gasteiger partial charge on any atom is -0.491 e. The number of hydrogen-bond acceptors (Lipinski definition) is 2. The maximum atomic E-state index is 12.8. The van der Waals surface area contributed by atoms with Crippen molar-refractivity contribution in [1.29, 1.82) is 0 Å². The summed E-state index contributed by atoms with van der Waals surface area (Å²) in [6.07, 6.45) is 0.972. The summed E-state index contributed by atoms with van der Waals surface area (Å²) < 4.78 is 18.4. The zero-order valence-corrected chi connectivity index (χ0v) is 12.6. The van der Waals surface area contributed by atoms with Gasteiger partial charge in [-0.15, -0.1) is 0 Å². The van der Waals surface area contributed by atoms with E-state index in [1.165, 1.54) is 12.1 Å². The molecule has 1 amide bonds. The van der Waals surface area contributed by atoms with Crippen LogP contribution in [0.3, 0.4) is 0 Å². The average molecular weight is 301 g/mol. The number of rotatable bonds is 7. The van der Waals surface area contributed by atoms with Crippen LogP contribution in [-0.2, 0) is 11.2 Å². The predicted molar refractivity (Wildman–Crippen MR) is 84.3 cm³/mol. The largest absolute Gasteiger partial charge is 0.491 e. The highest BCUT2D eigenvalue weighted by molar-refractivity contribution is 5.76. The quantitative estimate of drug-likeness (QED) is 0.852. The molecule has 116 valence electrons. The second-order valence-corrected chi connectivity index (χ2v) is 5.22. The molecule has 0 heterocycles. The number of benzene rings is 2.